The molecule has 0 nitrogen and oxygen atoms in total. The summed E-state index contributed by atoms with van der Waals surface area (Å²) in [5, 5.41) is 0. The fourth-order valence-electron chi connectivity index (χ4n) is 1.78. The van der Waals surface area contributed by atoms with Crippen molar-refractivity contribution >= 4 is 9.24 Å². The van der Waals surface area contributed by atoms with Gasteiger partial charge in [-0.05, 0) is 29.8 Å². The molecule has 0 bridgehead atoms. The van der Waals surface area contributed by atoms with Crippen molar-refractivity contribution in [1.82, 2.24) is 0 Å². The molecule has 0 saturated carbocycles. The van der Waals surface area contributed by atoms with Crippen LogP contribution in [-0.2, 0) is 6.16 Å². The lowest BCUT2D eigenvalue weighted by Crippen LogP contribution is -1.84. The second kappa shape index (κ2) is 4.59. The van der Waals surface area contributed by atoms with E-state index in [2.05, 4.69) is 64.7 Å². The lowest BCUT2D eigenvalue weighted by Gasteiger charge is -2.06. The van der Waals surface area contributed by atoms with Crippen molar-refractivity contribution < 1.29 is 0 Å². The smallest absolute Gasteiger partial charge is 0.0128 e. The van der Waals surface area contributed by atoms with Crippen LogP contribution in [0.25, 0.3) is 11.1 Å². The quantitative estimate of drug-likeness (QED) is 0.662. The Balaban J connectivity index is 2.49. The van der Waals surface area contributed by atoms with Crippen LogP contribution in [0.4, 0.5) is 0 Å². The van der Waals surface area contributed by atoms with Crippen molar-refractivity contribution in [3.63, 3.8) is 0 Å². The van der Waals surface area contributed by atoms with Gasteiger partial charge < -0.3 is 0 Å². The summed E-state index contributed by atoms with van der Waals surface area (Å²) in [5.74, 6) is 0. The molecule has 0 spiro atoms. The Morgan fingerprint density at radius 1 is 0.933 bits per heavy atom. The van der Waals surface area contributed by atoms with E-state index in [4.69, 9.17) is 0 Å². The van der Waals surface area contributed by atoms with Crippen molar-refractivity contribution in [2.75, 3.05) is 0 Å². The van der Waals surface area contributed by atoms with Crippen LogP contribution in [-0.4, -0.2) is 0 Å². The molecule has 0 heterocycles. The SMILES string of the molecule is Cc1cc(CP)cc(-c2ccccc2)c1. The molecule has 0 radical (unpaired) electrons. The summed E-state index contributed by atoms with van der Waals surface area (Å²) >= 11 is 0. The second-order valence-electron chi connectivity index (χ2n) is 3.78. The van der Waals surface area contributed by atoms with E-state index in [1.54, 1.807) is 0 Å². The minimum absolute atomic E-state index is 1.02. The zero-order chi connectivity index (χ0) is 10.7. The summed E-state index contributed by atoms with van der Waals surface area (Å²) in [4.78, 5) is 0. The lowest BCUT2D eigenvalue weighted by molar-refractivity contribution is 1.35. The highest BCUT2D eigenvalue weighted by Crippen LogP contribution is 2.22. The minimum atomic E-state index is 1.02. The van der Waals surface area contributed by atoms with E-state index in [0.717, 1.165) is 6.16 Å². The van der Waals surface area contributed by atoms with Gasteiger partial charge in [-0.25, -0.2) is 0 Å². The molecule has 0 N–H and O–H groups in total. The second-order valence-corrected chi connectivity index (χ2v) is 4.19. The largest absolute Gasteiger partial charge is 0.133 e. The molecule has 0 aliphatic carbocycles. The molecule has 1 heteroatoms. The fourth-order valence-corrected chi connectivity index (χ4v) is 2.01. The summed E-state index contributed by atoms with van der Waals surface area (Å²) in [6, 6.07) is 17.3. The molecule has 0 aliphatic rings. The van der Waals surface area contributed by atoms with Gasteiger partial charge in [0.15, 0.2) is 0 Å². The Kier molecular flexibility index (Phi) is 3.18. The van der Waals surface area contributed by atoms with E-state index < -0.39 is 0 Å². The van der Waals surface area contributed by atoms with Crippen LogP contribution in [0.3, 0.4) is 0 Å². The molecule has 0 amide bonds. The average molecular weight is 214 g/mol. The molecule has 76 valence electrons. The molecule has 0 aliphatic heterocycles. The van der Waals surface area contributed by atoms with Crippen molar-refractivity contribution in [2.45, 2.75) is 13.1 Å². The molecule has 1 unspecified atom stereocenters. The molecule has 0 aromatic heterocycles. The zero-order valence-corrected chi connectivity index (χ0v) is 10.1. The first kappa shape index (κ1) is 10.4. The molecule has 0 saturated heterocycles. The summed E-state index contributed by atoms with van der Waals surface area (Å²) < 4.78 is 0. The summed E-state index contributed by atoms with van der Waals surface area (Å²) in [6.45, 7) is 2.15. The summed E-state index contributed by atoms with van der Waals surface area (Å²) in [5.41, 5.74) is 5.31. The number of hydrogen-bond acceptors (Lipinski definition) is 0. The van der Waals surface area contributed by atoms with E-state index in [0.29, 0.717) is 0 Å². The van der Waals surface area contributed by atoms with Crippen molar-refractivity contribution in [1.29, 1.82) is 0 Å². The molecule has 2 aromatic carbocycles. The Labute approximate surface area is 93.5 Å². The Bertz CT molecular complexity index is 446. The molecule has 15 heavy (non-hydrogen) atoms. The van der Waals surface area contributed by atoms with E-state index in [1.165, 1.54) is 22.3 Å². The van der Waals surface area contributed by atoms with Gasteiger partial charge in [0.2, 0.25) is 0 Å². The van der Waals surface area contributed by atoms with Crippen LogP contribution < -0.4 is 0 Å². The number of benzene rings is 2. The van der Waals surface area contributed by atoms with Gasteiger partial charge in [0.05, 0.1) is 0 Å². The Morgan fingerprint density at radius 3 is 2.33 bits per heavy atom. The number of aryl methyl sites for hydroxylation is 1. The predicted octanol–water partition coefficient (Wildman–Crippen LogP) is 4.04. The fraction of sp³-hybridized carbons (Fsp3) is 0.143. The summed E-state index contributed by atoms with van der Waals surface area (Å²) in [6.07, 6.45) is 1.02. The van der Waals surface area contributed by atoms with Crippen LogP contribution in [0.5, 0.6) is 0 Å². The van der Waals surface area contributed by atoms with Gasteiger partial charge in [-0.1, -0.05) is 54.1 Å². The van der Waals surface area contributed by atoms with Crippen LogP contribution in [0.2, 0.25) is 0 Å². The Morgan fingerprint density at radius 2 is 1.67 bits per heavy atom. The van der Waals surface area contributed by atoms with Crippen molar-refractivity contribution in [3.05, 3.63) is 59.7 Å². The third kappa shape index (κ3) is 2.46. The predicted molar refractivity (Wildman–Crippen MR) is 70.0 cm³/mol. The highest BCUT2D eigenvalue weighted by molar-refractivity contribution is 7.15. The minimum Gasteiger partial charge on any atom is -0.133 e. The van der Waals surface area contributed by atoms with E-state index in [1.807, 2.05) is 0 Å². The summed E-state index contributed by atoms with van der Waals surface area (Å²) in [7, 11) is 2.78. The number of hydrogen-bond donors (Lipinski definition) is 0. The Hall–Kier alpha value is -1.13. The lowest BCUT2D eigenvalue weighted by atomic mass is 10.0. The maximum absolute atomic E-state index is 2.78. The van der Waals surface area contributed by atoms with Gasteiger partial charge in [-0.3, -0.25) is 0 Å². The van der Waals surface area contributed by atoms with Crippen LogP contribution in [0.1, 0.15) is 11.1 Å². The van der Waals surface area contributed by atoms with Crippen LogP contribution in [0, 0.1) is 6.92 Å². The monoisotopic (exact) mass is 214 g/mol. The molecule has 1 atom stereocenters. The van der Waals surface area contributed by atoms with Crippen molar-refractivity contribution in [3.8, 4) is 11.1 Å². The normalized spacial score (nSPS) is 10.3. The van der Waals surface area contributed by atoms with Gasteiger partial charge in [-0.15, -0.1) is 9.24 Å². The first-order valence-electron chi connectivity index (χ1n) is 5.15. The van der Waals surface area contributed by atoms with Crippen LogP contribution in [0.15, 0.2) is 48.5 Å². The maximum atomic E-state index is 2.78. The zero-order valence-electron chi connectivity index (χ0n) is 8.90. The van der Waals surface area contributed by atoms with Gasteiger partial charge in [0, 0.05) is 0 Å². The van der Waals surface area contributed by atoms with E-state index >= 15 is 0 Å². The van der Waals surface area contributed by atoms with Crippen LogP contribution >= 0.6 is 9.24 Å². The van der Waals surface area contributed by atoms with E-state index in [-0.39, 0.29) is 0 Å². The van der Waals surface area contributed by atoms with Gasteiger partial charge in [0.1, 0.15) is 0 Å². The molecule has 2 aromatic rings. The maximum Gasteiger partial charge on any atom is -0.0128 e. The van der Waals surface area contributed by atoms with Gasteiger partial charge in [0.25, 0.3) is 0 Å². The first-order chi connectivity index (χ1) is 7.29. The van der Waals surface area contributed by atoms with Gasteiger partial charge >= 0.3 is 0 Å². The average Bonchev–Trinajstić information content (AvgIpc) is 2.29. The van der Waals surface area contributed by atoms with Crippen molar-refractivity contribution in [2.24, 2.45) is 0 Å². The standard InChI is InChI=1S/C14H15P/c1-11-7-12(10-15)9-14(8-11)13-5-3-2-4-6-13/h2-9H,10,15H2,1H3. The third-order valence-corrected chi connectivity index (χ3v) is 2.95. The molecule has 0 fully saturated rings. The molecular weight excluding hydrogens is 199 g/mol. The third-order valence-electron chi connectivity index (χ3n) is 2.48. The number of rotatable bonds is 2. The molecule has 2 rings (SSSR count). The molecular formula is C14H15P. The van der Waals surface area contributed by atoms with E-state index in [9.17, 15) is 0 Å². The van der Waals surface area contributed by atoms with Gasteiger partial charge in [-0.2, -0.15) is 0 Å². The first-order valence-corrected chi connectivity index (χ1v) is 5.97. The highest BCUT2D eigenvalue weighted by Gasteiger charge is 1.99. The topological polar surface area (TPSA) is 0 Å². The highest BCUT2D eigenvalue weighted by atomic mass is 31.0.